The standard InChI is InChI=1S/C14H19ClN2O/c1-9(10-4-5-10)17(3)14(18)12-8-11(15)6-7-13(12)16-2/h6-10,16H,4-5H2,1-3H3. The fourth-order valence-corrected chi connectivity index (χ4v) is 2.35. The number of nitrogens with zero attached hydrogens (tertiary/aromatic N) is 1. The van der Waals surface area contributed by atoms with Crippen LogP contribution in [0.15, 0.2) is 18.2 Å². The van der Waals surface area contributed by atoms with E-state index >= 15 is 0 Å². The second-order valence-corrected chi connectivity index (χ2v) is 5.37. The van der Waals surface area contributed by atoms with E-state index in [2.05, 4.69) is 12.2 Å². The lowest BCUT2D eigenvalue weighted by molar-refractivity contribution is 0.0728. The highest BCUT2D eigenvalue weighted by molar-refractivity contribution is 6.31. The highest BCUT2D eigenvalue weighted by Gasteiger charge is 2.33. The average molecular weight is 267 g/mol. The third-order valence-electron chi connectivity index (χ3n) is 3.72. The van der Waals surface area contributed by atoms with Gasteiger partial charge in [-0.3, -0.25) is 4.79 Å². The molecular weight excluding hydrogens is 248 g/mol. The van der Waals surface area contributed by atoms with Crippen molar-refractivity contribution in [1.29, 1.82) is 0 Å². The SMILES string of the molecule is CNc1ccc(Cl)cc1C(=O)N(C)C(C)C1CC1. The monoisotopic (exact) mass is 266 g/mol. The minimum atomic E-state index is 0.0289. The van der Waals surface area contributed by atoms with E-state index in [1.165, 1.54) is 12.8 Å². The molecule has 3 nitrogen and oxygen atoms in total. The average Bonchev–Trinajstić information content (AvgIpc) is 3.20. The van der Waals surface area contributed by atoms with Crippen molar-refractivity contribution in [1.82, 2.24) is 4.90 Å². The summed E-state index contributed by atoms with van der Waals surface area (Å²) in [4.78, 5) is 14.3. The zero-order valence-electron chi connectivity index (χ0n) is 11.0. The van der Waals surface area contributed by atoms with Gasteiger partial charge in [-0.2, -0.15) is 0 Å². The molecule has 0 aromatic heterocycles. The summed E-state index contributed by atoms with van der Waals surface area (Å²) in [6.07, 6.45) is 2.46. The van der Waals surface area contributed by atoms with Crippen LogP contribution in [0.3, 0.4) is 0 Å². The van der Waals surface area contributed by atoms with Crippen LogP contribution in [0, 0.1) is 5.92 Å². The Labute approximate surface area is 113 Å². The Kier molecular flexibility index (Phi) is 3.81. The molecule has 0 radical (unpaired) electrons. The molecule has 0 aliphatic heterocycles. The molecule has 2 rings (SSSR count). The summed E-state index contributed by atoms with van der Waals surface area (Å²) in [5, 5.41) is 3.62. The van der Waals surface area contributed by atoms with E-state index in [9.17, 15) is 4.79 Å². The van der Waals surface area contributed by atoms with Gasteiger partial charge in [-0.05, 0) is 43.9 Å². The van der Waals surface area contributed by atoms with Gasteiger partial charge >= 0.3 is 0 Å². The van der Waals surface area contributed by atoms with Crippen LogP contribution in [0.2, 0.25) is 5.02 Å². The van der Waals surface area contributed by atoms with Crippen LogP contribution < -0.4 is 5.32 Å². The number of hydrogen-bond acceptors (Lipinski definition) is 2. The molecule has 4 heteroatoms. The lowest BCUT2D eigenvalue weighted by atomic mass is 10.1. The van der Waals surface area contributed by atoms with E-state index in [0.29, 0.717) is 22.5 Å². The highest BCUT2D eigenvalue weighted by atomic mass is 35.5. The fraction of sp³-hybridized carbons (Fsp3) is 0.500. The van der Waals surface area contributed by atoms with Crippen molar-refractivity contribution in [2.75, 3.05) is 19.4 Å². The highest BCUT2D eigenvalue weighted by Crippen LogP contribution is 2.35. The van der Waals surface area contributed by atoms with Crippen LogP contribution in [-0.2, 0) is 0 Å². The Morgan fingerprint density at radius 1 is 1.50 bits per heavy atom. The Hall–Kier alpha value is -1.22. The first kappa shape index (κ1) is 13.2. The molecule has 18 heavy (non-hydrogen) atoms. The van der Waals surface area contributed by atoms with Gasteiger partial charge < -0.3 is 10.2 Å². The van der Waals surface area contributed by atoms with Crippen LogP contribution >= 0.6 is 11.6 Å². The molecule has 1 aromatic rings. The van der Waals surface area contributed by atoms with Crippen molar-refractivity contribution in [2.45, 2.75) is 25.8 Å². The number of rotatable bonds is 4. The number of hydrogen-bond donors (Lipinski definition) is 1. The summed E-state index contributed by atoms with van der Waals surface area (Å²) >= 11 is 5.98. The van der Waals surface area contributed by atoms with Gasteiger partial charge in [0.1, 0.15) is 0 Å². The molecule has 1 aliphatic rings. The molecule has 1 amide bonds. The zero-order valence-corrected chi connectivity index (χ0v) is 11.8. The van der Waals surface area contributed by atoms with E-state index in [-0.39, 0.29) is 5.91 Å². The van der Waals surface area contributed by atoms with E-state index in [1.807, 2.05) is 25.1 Å². The summed E-state index contributed by atoms with van der Waals surface area (Å²) in [7, 11) is 3.68. The molecule has 0 spiro atoms. The Bertz CT molecular complexity index is 457. The molecular formula is C14H19ClN2O. The first-order valence-corrected chi connectivity index (χ1v) is 6.67. The lowest BCUT2D eigenvalue weighted by Crippen LogP contribution is -2.36. The van der Waals surface area contributed by atoms with Gasteiger partial charge in [0.05, 0.1) is 5.56 Å². The Morgan fingerprint density at radius 2 is 2.17 bits per heavy atom. The van der Waals surface area contributed by atoms with Crippen LogP contribution in [0.25, 0.3) is 0 Å². The second-order valence-electron chi connectivity index (χ2n) is 4.93. The number of carbonyl (C=O) groups excluding carboxylic acids is 1. The summed E-state index contributed by atoms with van der Waals surface area (Å²) in [6, 6.07) is 5.65. The first-order chi connectivity index (χ1) is 8.54. The maximum atomic E-state index is 12.5. The summed E-state index contributed by atoms with van der Waals surface area (Å²) in [6.45, 7) is 2.11. The number of carbonyl (C=O) groups is 1. The van der Waals surface area contributed by atoms with E-state index < -0.39 is 0 Å². The van der Waals surface area contributed by atoms with E-state index in [1.54, 1.807) is 12.1 Å². The molecule has 1 atom stereocenters. The van der Waals surface area contributed by atoms with E-state index in [0.717, 1.165) is 5.69 Å². The molecule has 0 heterocycles. The van der Waals surface area contributed by atoms with Crippen molar-refractivity contribution in [3.05, 3.63) is 28.8 Å². The summed E-state index contributed by atoms with van der Waals surface area (Å²) in [5.74, 6) is 0.692. The van der Waals surface area contributed by atoms with Crippen molar-refractivity contribution < 1.29 is 4.79 Å². The van der Waals surface area contributed by atoms with Crippen molar-refractivity contribution >= 4 is 23.2 Å². The normalized spacial score (nSPS) is 16.2. The number of benzene rings is 1. The number of anilines is 1. The van der Waals surface area contributed by atoms with Gasteiger partial charge in [-0.1, -0.05) is 11.6 Å². The molecule has 0 saturated heterocycles. The zero-order chi connectivity index (χ0) is 13.3. The van der Waals surface area contributed by atoms with Gasteiger partial charge in [0, 0.05) is 30.8 Å². The number of amides is 1. The molecule has 0 bridgehead atoms. The van der Waals surface area contributed by atoms with Crippen molar-refractivity contribution in [3.8, 4) is 0 Å². The van der Waals surface area contributed by atoms with Gasteiger partial charge in [-0.15, -0.1) is 0 Å². The van der Waals surface area contributed by atoms with Gasteiger partial charge in [0.25, 0.3) is 5.91 Å². The summed E-state index contributed by atoms with van der Waals surface area (Å²) < 4.78 is 0. The van der Waals surface area contributed by atoms with E-state index in [4.69, 9.17) is 11.6 Å². The predicted molar refractivity (Wildman–Crippen MR) is 75.3 cm³/mol. The number of nitrogens with one attached hydrogen (secondary N) is 1. The van der Waals surface area contributed by atoms with Crippen LogP contribution in [-0.4, -0.2) is 30.9 Å². The molecule has 1 unspecified atom stereocenters. The molecule has 1 saturated carbocycles. The molecule has 1 aromatic carbocycles. The predicted octanol–water partition coefficient (Wildman–Crippen LogP) is 3.25. The number of halogens is 1. The quantitative estimate of drug-likeness (QED) is 0.907. The third kappa shape index (κ3) is 2.61. The van der Waals surface area contributed by atoms with Gasteiger partial charge in [0.2, 0.25) is 0 Å². The Morgan fingerprint density at radius 3 is 2.72 bits per heavy atom. The largest absolute Gasteiger partial charge is 0.387 e. The Balaban J connectivity index is 2.23. The first-order valence-electron chi connectivity index (χ1n) is 6.29. The fourth-order valence-electron chi connectivity index (χ4n) is 2.18. The van der Waals surface area contributed by atoms with Crippen molar-refractivity contribution in [2.24, 2.45) is 5.92 Å². The molecule has 98 valence electrons. The minimum absolute atomic E-state index is 0.0289. The van der Waals surface area contributed by atoms with Crippen LogP contribution in [0.5, 0.6) is 0 Å². The van der Waals surface area contributed by atoms with Crippen LogP contribution in [0.1, 0.15) is 30.1 Å². The molecule has 1 fully saturated rings. The van der Waals surface area contributed by atoms with Crippen LogP contribution in [0.4, 0.5) is 5.69 Å². The van der Waals surface area contributed by atoms with Crippen molar-refractivity contribution in [3.63, 3.8) is 0 Å². The summed E-state index contributed by atoms with van der Waals surface area (Å²) in [5.41, 5.74) is 1.46. The minimum Gasteiger partial charge on any atom is -0.387 e. The maximum absolute atomic E-state index is 12.5. The lowest BCUT2D eigenvalue weighted by Gasteiger charge is -2.26. The smallest absolute Gasteiger partial charge is 0.255 e. The topological polar surface area (TPSA) is 32.3 Å². The van der Waals surface area contributed by atoms with Gasteiger partial charge in [0.15, 0.2) is 0 Å². The maximum Gasteiger partial charge on any atom is 0.255 e. The van der Waals surface area contributed by atoms with Gasteiger partial charge in [-0.25, -0.2) is 0 Å². The second kappa shape index (κ2) is 5.19. The molecule has 1 aliphatic carbocycles. The third-order valence-corrected chi connectivity index (χ3v) is 3.95. The molecule has 1 N–H and O–H groups in total.